The Morgan fingerprint density at radius 3 is 2.65 bits per heavy atom. The van der Waals surface area contributed by atoms with E-state index in [1.807, 2.05) is 0 Å². The number of hydrogen-bond acceptors (Lipinski definition) is 7. The number of hydrogen-bond donors (Lipinski definition) is 1. The van der Waals surface area contributed by atoms with Gasteiger partial charge in [-0.05, 0) is 39.8 Å². The lowest BCUT2D eigenvalue weighted by molar-refractivity contribution is 0.0519. The maximum atomic E-state index is 14.1. The van der Waals surface area contributed by atoms with Crippen LogP contribution in [0, 0.1) is 5.82 Å². The van der Waals surface area contributed by atoms with Gasteiger partial charge in [0.2, 0.25) is 0 Å². The summed E-state index contributed by atoms with van der Waals surface area (Å²) in [6, 6.07) is 3.90. The van der Waals surface area contributed by atoms with E-state index in [4.69, 9.17) is 14.2 Å². The number of esters is 1. The van der Waals surface area contributed by atoms with Gasteiger partial charge in [0.1, 0.15) is 11.4 Å². The molecule has 0 fully saturated rings. The van der Waals surface area contributed by atoms with Crippen LogP contribution in [0.2, 0.25) is 0 Å². The van der Waals surface area contributed by atoms with E-state index in [0.717, 1.165) is 17.4 Å². The molecule has 0 spiro atoms. The number of carbonyl (C=O) groups excluding carboxylic acids is 2. The Kier molecular flexibility index (Phi) is 6.14. The Hall–Kier alpha value is -2.68. The van der Waals surface area contributed by atoms with Crippen LogP contribution in [0.5, 0.6) is 10.9 Å². The Morgan fingerprint density at radius 1 is 1.31 bits per heavy atom. The van der Waals surface area contributed by atoms with Crippen LogP contribution in [-0.4, -0.2) is 29.3 Å². The molecule has 9 heteroatoms. The zero-order chi connectivity index (χ0) is 19.3. The molecule has 2 rings (SSSR count). The highest BCUT2D eigenvalue weighted by Crippen LogP contribution is 2.28. The average Bonchev–Trinajstić information content (AvgIpc) is 2.97. The van der Waals surface area contributed by atoms with Gasteiger partial charge >= 0.3 is 12.1 Å². The van der Waals surface area contributed by atoms with Crippen molar-refractivity contribution in [3.8, 4) is 10.9 Å². The highest BCUT2D eigenvalue weighted by molar-refractivity contribution is 7.11. The van der Waals surface area contributed by atoms with Crippen LogP contribution in [0.15, 0.2) is 23.6 Å². The van der Waals surface area contributed by atoms with Gasteiger partial charge in [0.05, 0.1) is 12.3 Å². The van der Waals surface area contributed by atoms with Crippen molar-refractivity contribution in [1.29, 1.82) is 0 Å². The maximum absolute atomic E-state index is 14.1. The quantitative estimate of drug-likeness (QED) is 0.761. The van der Waals surface area contributed by atoms with Gasteiger partial charge in [0, 0.05) is 11.4 Å². The van der Waals surface area contributed by atoms with Gasteiger partial charge in [-0.1, -0.05) is 11.3 Å². The van der Waals surface area contributed by atoms with Crippen LogP contribution in [0.3, 0.4) is 0 Å². The lowest BCUT2D eigenvalue weighted by Gasteiger charge is -2.19. The van der Waals surface area contributed by atoms with E-state index in [-0.39, 0.29) is 28.9 Å². The van der Waals surface area contributed by atoms with E-state index in [1.165, 1.54) is 17.5 Å². The van der Waals surface area contributed by atoms with Crippen LogP contribution in [0.1, 0.15) is 38.2 Å². The minimum absolute atomic E-state index is 0.0436. The van der Waals surface area contributed by atoms with E-state index in [2.05, 4.69) is 10.3 Å². The summed E-state index contributed by atoms with van der Waals surface area (Å²) in [5.74, 6) is -1.08. The van der Waals surface area contributed by atoms with Crippen molar-refractivity contribution in [3.63, 3.8) is 0 Å². The second kappa shape index (κ2) is 8.13. The zero-order valence-corrected chi connectivity index (χ0v) is 15.6. The van der Waals surface area contributed by atoms with E-state index in [9.17, 15) is 14.0 Å². The third kappa shape index (κ3) is 5.69. The number of nitrogens with zero attached hydrogens (tertiary/aromatic N) is 1. The van der Waals surface area contributed by atoms with Crippen LogP contribution in [0.4, 0.5) is 14.9 Å². The molecule has 26 heavy (non-hydrogen) atoms. The van der Waals surface area contributed by atoms with Crippen molar-refractivity contribution in [3.05, 3.63) is 35.1 Å². The Bertz CT molecular complexity index is 801. The molecule has 1 N–H and O–H groups in total. The van der Waals surface area contributed by atoms with Crippen molar-refractivity contribution in [1.82, 2.24) is 4.98 Å². The lowest BCUT2D eigenvalue weighted by atomic mass is 10.2. The summed E-state index contributed by atoms with van der Waals surface area (Å²) in [6.45, 7) is 7.05. The fourth-order valence-electron chi connectivity index (χ4n) is 1.78. The summed E-state index contributed by atoms with van der Waals surface area (Å²) in [4.78, 5) is 27.2. The van der Waals surface area contributed by atoms with Gasteiger partial charge in [0.15, 0.2) is 11.5 Å². The zero-order valence-electron chi connectivity index (χ0n) is 14.8. The lowest BCUT2D eigenvalue weighted by Crippen LogP contribution is -2.27. The first-order valence-electron chi connectivity index (χ1n) is 7.78. The first-order valence-corrected chi connectivity index (χ1v) is 8.66. The summed E-state index contributed by atoms with van der Waals surface area (Å²) >= 11 is 1.08. The highest BCUT2D eigenvalue weighted by Gasteiger charge is 2.18. The fraction of sp³-hybridized carbons (Fsp3) is 0.353. The SMILES string of the molecule is CCOC(=O)c1csc(Oc2ccc(NC(=O)OC(C)(C)C)c(F)c2)n1. The summed E-state index contributed by atoms with van der Waals surface area (Å²) in [5, 5.41) is 3.98. The molecule has 0 unspecified atom stereocenters. The summed E-state index contributed by atoms with van der Waals surface area (Å²) < 4.78 is 29.5. The van der Waals surface area contributed by atoms with Gasteiger partial charge in [-0.3, -0.25) is 5.32 Å². The fourth-order valence-corrected chi connectivity index (χ4v) is 2.43. The van der Waals surface area contributed by atoms with Gasteiger partial charge in [-0.2, -0.15) is 4.98 Å². The molecule has 0 radical (unpaired) electrons. The molecule has 0 aliphatic heterocycles. The molecule has 0 saturated heterocycles. The molecule has 7 nitrogen and oxygen atoms in total. The number of halogens is 1. The predicted molar refractivity (Wildman–Crippen MR) is 94.4 cm³/mol. The standard InChI is InChI=1S/C17H19FN2O5S/c1-5-23-14(21)13-9-26-16(20-13)24-10-6-7-12(11(18)8-10)19-15(22)25-17(2,3)4/h6-9H,5H2,1-4H3,(H,19,22). The number of rotatable bonds is 5. The van der Waals surface area contributed by atoms with Crippen LogP contribution >= 0.6 is 11.3 Å². The van der Waals surface area contributed by atoms with E-state index in [0.29, 0.717) is 0 Å². The van der Waals surface area contributed by atoms with E-state index in [1.54, 1.807) is 27.7 Å². The van der Waals surface area contributed by atoms with Crippen LogP contribution < -0.4 is 10.1 Å². The summed E-state index contributed by atoms with van der Waals surface area (Å²) in [5.41, 5.74) is -0.612. The number of nitrogens with one attached hydrogen (secondary N) is 1. The second-order valence-electron chi connectivity index (χ2n) is 6.09. The molecule has 140 valence electrons. The topological polar surface area (TPSA) is 86.8 Å². The number of carbonyl (C=O) groups is 2. The number of ether oxygens (including phenoxy) is 3. The Morgan fingerprint density at radius 2 is 2.04 bits per heavy atom. The van der Waals surface area contributed by atoms with Gasteiger partial charge in [-0.15, -0.1) is 0 Å². The third-order valence-electron chi connectivity index (χ3n) is 2.75. The highest BCUT2D eigenvalue weighted by atomic mass is 32.1. The molecule has 1 aromatic heterocycles. The van der Waals surface area contributed by atoms with E-state index >= 15 is 0 Å². The van der Waals surface area contributed by atoms with Crippen molar-refractivity contribution in [2.45, 2.75) is 33.3 Å². The second-order valence-corrected chi connectivity index (χ2v) is 6.91. The molecular weight excluding hydrogens is 363 g/mol. The molecular formula is C17H19FN2O5S. The minimum atomic E-state index is -0.760. The number of aromatic nitrogens is 1. The molecule has 2 aromatic rings. The van der Waals surface area contributed by atoms with Crippen LogP contribution in [-0.2, 0) is 9.47 Å². The van der Waals surface area contributed by atoms with Crippen molar-refractivity contribution in [2.75, 3.05) is 11.9 Å². The molecule has 0 aliphatic carbocycles. The van der Waals surface area contributed by atoms with Crippen LogP contribution in [0.25, 0.3) is 0 Å². The van der Waals surface area contributed by atoms with E-state index < -0.39 is 23.5 Å². The monoisotopic (exact) mass is 382 g/mol. The Balaban J connectivity index is 2.03. The first-order chi connectivity index (χ1) is 12.2. The smallest absolute Gasteiger partial charge is 0.412 e. The Labute approximate surface area is 154 Å². The number of amides is 1. The minimum Gasteiger partial charge on any atom is -0.461 e. The molecule has 0 aliphatic rings. The van der Waals surface area contributed by atoms with Gasteiger partial charge < -0.3 is 14.2 Å². The third-order valence-corrected chi connectivity index (χ3v) is 3.47. The molecule has 0 bridgehead atoms. The normalized spacial score (nSPS) is 11.0. The average molecular weight is 382 g/mol. The van der Waals surface area contributed by atoms with Crippen molar-refractivity contribution in [2.24, 2.45) is 0 Å². The van der Waals surface area contributed by atoms with Crippen molar-refractivity contribution < 1.29 is 28.2 Å². The number of benzene rings is 1. The molecule has 0 atom stereocenters. The number of thiazole rings is 1. The maximum Gasteiger partial charge on any atom is 0.412 e. The molecule has 1 amide bonds. The molecule has 1 heterocycles. The van der Waals surface area contributed by atoms with Gasteiger partial charge in [0.25, 0.3) is 5.19 Å². The molecule has 0 saturated carbocycles. The van der Waals surface area contributed by atoms with Crippen molar-refractivity contribution >= 4 is 29.1 Å². The summed E-state index contributed by atoms with van der Waals surface area (Å²) in [7, 11) is 0. The predicted octanol–water partition coefficient (Wildman–Crippen LogP) is 4.60. The number of anilines is 1. The largest absolute Gasteiger partial charge is 0.461 e. The first kappa shape index (κ1) is 19.6. The van der Waals surface area contributed by atoms with Gasteiger partial charge in [-0.25, -0.2) is 14.0 Å². The molecule has 1 aromatic carbocycles. The summed E-state index contributed by atoms with van der Waals surface area (Å²) in [6.07, 6.45) is -0.760.